The molecule has 0 saturated heterocycles. The van der Waals surface area contributed by atoms with Crippen LogP contribution < -0.4 is 0 Å². The molecule has 2 heterocycles. The van der Waals surface area contributed by atoms with E-state index in [2.05, 4.69) is 104 Å². The molecule has 0 bridgehead atoms. The second kappa shape index (κ2) is 34.7. The smallest absolute Gasteiger partial charge is 0.185 e. The number of hydrogen-bond donors (Lipinski definition) is 0. The summed E-state index contributed by atoms with van der Waals surface area (Å²) in [5, 5.41) is 19.3. The lowest BCUT2D eigenvalue weighted by molar-refractivity contribution is 0.340. The number of hydrogen-bond acceptors (Lipinski definition) is 14. The first-order chi connectivity index (χ1) is 28.4. The molecule has 348 valence electrons. The van der Waals surface area contributed by atoms with Crippen molar-refractivity contribution >= 4 is 109 Å². The van der Waals surface area contributed by atoms with Crippen molar-refractivity contribution in [2.24, 2.45) is 10.8 Å². The molecule has 0 atom stereocenters. The molecule has 0 amide bonds. The number of aromatic nitrogens is 3. The van der Waals surface area contributed by atoms with Gasteiger partial charge in [0.15, 0.2) is 8.68 Å². The molecule has 0 saturated carbocycles. The molecule has 60 heavy (non-hydrogen) atoms. The maximum absolute atomic E-state index is 9.64. The first-order valence-corrected chi connectivity index (χ1v) is 33.5. The molecule has 0 aromatic carbocycles. The fraction of sp³-hybridized carbons (Fsp3) is 0.870. The summed E-state index contributed by atoms with van der Waals surface area (Å²) >= 11 is 3.22. The summed E-state index contributed by atoms with van der Waals surface area (Å²) in [6, 6.07) is 2.41. The van der Waals surface area contributed by atoms with Crippen LogP contribution in [0.3, 0.4) is 0 Å². The number of nitrogens with zero attached hydrogens (tertiary/aromatic N) is 4. The average Bonchev–Trinajstić information content (AvgIpc) is 3.79. The first-order valence-electron chi connectivity index (χ1n) is 22.9. The minimum absolute atomic E-state index is 0.228. The minimum Gasteiger partial charge on any atom is -0.192 e. The molecular formula is C46H84N4S10. The summed E-state index contributed by atoms with van der Waals surface area (Å²) in [7, 11) is 14.6. The van der Waals surface area contributed by atoms with Gasteiger partial charge in [0, 0.05) is 21.0 Å². The topological polar surface area (TPSA) is 62.5 Å². The highest BCUT2D eigenvalue weighted by Crippen LogP contribution is 2.50. The molecule has 4 nitrogen and oxygen atoms in total. The van der Waals surface area contributed by atoms with Gasteiger partial charge in [-0.2, -0.15) is 9.64 Å². The summed E-state index contributed by atoms with van der Waals surface area (Å²) in [6.07, 6.45) is 30.0. The second-order valence-corrected chi connectivity index (χ2v) is 32.6. The monoisotopic (exact) mass is 1010 g/mol. The molecule has 2 aromatic heterocycles. The van der Waals surface area contributed by atoms with Crippen molar-refractivity contribution in [2.45, 2.75) is 252 Å². The summed E-state index contributed by atoms with van der Waals surface area (Å²) in [6.45, 7) is 27.6. The fourth-order valence-corrected chi connectivity index (χ4v) is 19.6. The van der Waals surface area contributed by atoms with Crippen LogP contribution in [0.25, 0.3) is 0 Å². The zero-order valence-electron chi connectivity index (χ0n) is 39.8. The Morgan fingerprint density at radius 1 is 0.500 bits per heavy atom. The van der Waals surface area contributed by atoms with E-state index in [9.17, 15) is 5.26 Å². The highest BCUT2D eigenvalue weighted by molar-refractivity contribution is 8.78. The van der Waals surface area contributed by atoms with Crippen LogP contribution in [0.15, 0.2) is 17.9 Å². The summed E-state index contributed by atoms with van der Waals surface area (Å²) in [5.41, 5.74) is 1.49. The van der Waals surface area contributed by atoms with Crippen molar-refractivity contribution in [2.75, 3.05) is 11.5 Å². The van der Waals surface area contributed by atoms with Crippen molar-refractivity contribution in [1.29, 1.82) is 5.26 Å². The van der Waals surface area contributed by atoms with E-state index in [0.717, 1.165) is 29.2 Å². The Hall–Kier alpha value is 1.48. The van der Waals surface area contributed by atoms with Crippen molar-refractivity contribution in [3.05, 3.63) is 5.56 Å². The zero-order valence-corrected chi connectivity index (χ0v) is 48.0. The van der Waals surface area contributed by atoms with E-state index in [1.165, 1.54) is 159 Å². The molecule has 2 rings (SSSR count). The Balaban J connectivity index is 0.000000634. The van der Waals surface area contributed by atoms with E-state index in [0.29, 0.717) is 10.8 Å². The molecule has 0 radical (unpaired) electrons. The standard InChI is InChI=1S/C28H50N2S5.C18H34N2S5/c1-3-5-7-9-11-13-15-17-19-21-23-31-34-27-26(25-29)28(33-30-27)35-32-24-22-20-18-16-14-12-10-8-6-4-2;1-15(2,3)11-17(7,8)24-22-13-19-20-14(21-13)23-25-18(9,10)12-16(4,5)6/h3-24H2,1-2H3;11-12H2,1-10H3. The van der Waals surface area contributed by atoms with Gasteiger partial charge in [0.25, 0.3) is 0 Å². The van der Waals surface area contributed by atoms with Crippen LogP contribution in [0, 0.1) is 22.2 Å². The van der Waals surface area contributed by atoms with Gasteiger partial charge in [-0.1, -0.05) is 225 Å². The predicted molar refractivity (Wildman–Crippen MR) is 290 cm³/mol. The molecule has 0 unspecified atom stereocenters. The molecule has 0 fully saturated rings. The Morgan fingerprint density at radius 2 is 0.867 bits per heavy atom. The molecule has 0 spiro atoms. The van der Waals surface area contributed by atoms with Gasteiger partial charge < -0.3 is 0 Å². The highest BCUT2D eigenvalue weighted by Gasteiger charge is 2.29. The van der Waals surface area contributed by atoms with Crippen LogP contribution in [0.4, 0.5) is 0 Å². The molecule has 0 aliphatic rings. The van der Waals surface area contributed by atoms with Crippen LogP contribution in [0.2, 0.25) is 0 Å². The van der Waals surface area contributed by atoms with Gasteiger partial charge in [-0.25, -0.2) is 0 Å². The third-order valence-corrected chi connectivity index (χ3v) is 23.4. The van der Waals surface area contributed by atoms with E-state index < -0.39 is 0 Å². The van der Waals surface area contributed by atoms with Gasteiger partial charge in [0.1, 0.15) is 20.9 Å². The Morgan fingerprint density at radius 3 is 1.23 bits per heavy atom. The van der Waals surface area contributed by atoms with Gasteiger partial charge in [-0.15, -0.1) is 10.2 Å². The molecule has 2 aromatic rings. The van der Waals surface area contributed by atoms with Gasteiger partial charge >= 0.3 is 0 Å². The quantitative estimate of drug-likeness (QED) is 0.0496. The lowest BCUT2D eigenvalue weighted by Crippen LogP contribution is -2.22. The first kappa shape index (κ1) is 59.5. The average molecular weight is 1010 g/mol. The molecule has 0 N–H and O–H groups in total. The van der Waals surface area contributed by atoms with Crippen LogP contribution in [-0.2, 0) is 0 Å². The van der Waals surface area contributed by atoms with Crippen molar-refractivity contribution < 1.29 is 0 Å². The van der Waals surface area contributed by atoms with Crippen molar-refractivity contribution in [3.63, 3.8) is 0 Å². The molecule has 0 aliphatic carbocycles. The zero-order chi connectivity index (χ0) is 44.8. The summed E-state index contributed by atoms with van der Waals surface area (Å²) in [4.78, 5) is 0. The Bertz CT molecular complexity index is 1280. The predicted octanol–water partition coefficient (Wildman–Crippen LogP) is 20.8. The van der Waals surface area contributed by atoms with Crippen LogP contribution >= 0.6 is 109 Å². The van der Waals surface area contributed by atoms with Crippen LogP contribution in [0.5, 0.6) is 0 Å². The van der Waals surface area contributed by atoms with E-state index in [1.54, 1.807) is 54.5 Å². The summed E-state index contributed by atoms with van der Waals surface area (Å²) < 4.78 is 8.24. The third kappa shape index (κ3) is 33.9. The van der Waals surface area contributed by atoms with Crippen molar-refractivity contribution in [3.8, 4) is 6.07 Å². The van der Waals surface area contributed by atoms with Crippen molar-refractivity contribution in [1.82, 2.24) is 14.6 Å². The largest absolute Gasteiger partial charge is 0.192 e. The lowest BCUT2D eigenvalue weighted by Gasteiger charge is -2.30. The fourth-order valence-electron chi connectivity index (χ4n) is 7.13. The van der Waals surface area contributed by atoms with Gasteiger partial charge in [0.2, 0.25) is 0 Å². The van der Waals surface area contributed by atoms with Gasteiger partial charge in [0.05, 0.1) is 0 Å². The summed E-state index contributed by atoms with van der Waals surface area (Å²) in [5.74, 6) is 2.32. The second-order valence-electron chi connectivity index (χ2n) is 19.6. The Labute approximate surface area is 410 Å². The molecular weight excluding hydrogens is 929 g/mol. The third-order valence-electron chi connectivity index (χ3n) is 9.15. The normalized spacial score (nSPS) is 12.4. The number of nitriles is 1. The lowest BCUT2D eigenvalue weighted by atomic mass is 9.86. The Kier molecular flexibility index (Phi) is 34.4. The van der Waals surface area contributed by atoms with E-state index in [1.807, 2.05) is 43.2 Å². The minimum atomic E-state index is 0.228. The highest BCUT2D eigenvalue weighted by atomic mass is 33.1. The van der Waals surface area contributed by atoms with Gasteiger partial charge in [-0.05, 0) is 119 Å². The number of unbranched alkanes of at least 4 members (excludes halogenated alkanes) is 18. The van der Waals surface area contributed by atoms with E-state index >= 15 is 0 Å². The maximum atomic E-state index is 9.64. The maximum Gasteiger partial charge on any atom is 0.185 e. The van der Waals surface area contributed by atoms with Crippen LogP contribution in [0.1, 0.15) is 230 Å². The van der Waals surface area contributed by atoms with E-state index in [-0.39, 0.29) is 9.49 Å². The molecule has 0 aliphatic heterocycles. The number of rotatable bonds is 34. The van der Waals surface area contributed by atoms with E-state index in [4.69, 9.17) is 0 Å². The molecule has 14 heteroatoms. The SMILES string of the molecule is CC(C)(C)CC(C)(C)SSc1nnc(SSC(C)(C)CC(C)(C)C)s1.CCCCCCCCCCCCSSc1nsc(SSCCCCCCCCCCCC)c1C#N. The van der Waals surface area contributed by atoms with Crippen LogP contribution in [-0.4, -0.2) is 35.6 Å². The van der Waals surface area contributed by atoms with Gasteiger partial charge in [-0.3, -0.25) is 0 Å².